The number of rotatable bonds is 5. The normalized spacial score (nSPS) is 11.5. The van der Waals surface area contributed by atoms with Crippen LogP contribution in [0.15, 0.2) is 29.2 Å². The van der Waals surface area contributed by atoms with Crippen molar-refractivity contribution in [3.8, 4) is 0 Å². The molecule has 23 heavy (non-hydrogen) atoms. The van der Waals surface area contributed by atoms with Crippen LogP contribution in [0.3, 0.4) is 0 Å². The Balaban J connectivity index is 2.02. The van der Waals surface area contributed by atoms with Crippen molar-refractivity contribution in [2.24, 2.45) is 0 Å². The lowest BCUT2D eigenvalue weighted by Gasteiger charge is -2.10. The number of sulfonamides is 1. The van der Waals surface area contributed by atoms with Gasteiger partial charge in [-0.15, -0.1) is 4.83 Å². The van der Waals surface area contributed by atoms with Crippen LogP contribution in [0, 0.1) is 27.7 Å². The topological polar surface area (TPSA) is 93.1 Å². The molecule has 0 atom stereocenters. The van der Waals surface area contributed by atoms with Gasteiger partial charge in [0.25, 0.3) is 15.9 Å². The summed E-state index contributed by atoms with van der Waals surface area (Å²) in [5, 5.41) is 4.15. The first-order valence-corrected chi connectivity index (χ1v) is 8.56. The van der Waals surface area contributed by atoms with Crippen LogP contribution < -0.4 is 10.3 Å². The molecule has 1 amide bonds. The van der Waals surface area contributed by atoms with Crippen molar-refractivity contribution in [2.45, 2.75) is 39.1 Å². The number of amides is 1. The lowest BCUT2D eigenvalue weighted by Crippen LogP contribution is -2.43. The van der Waals surface area contributed by atoms with Gasteiger partial charge in [0.1, 0.15) is 6.54 Å². The fourth-order valence-electron chi connectivity index (χ4n) is 2.07. The Bertz CT molecular complexity index is 840. The fraction of sp³-hybridized carbons (Fsp3) is 0.333. The molecule has 0 unspecified atom stereocenters. The van der Waals surface area contributed by atoms with E-state index in [4.69, 9.17) is 0 Å². The van der Waals surface area contributed by atoms with Crippen molar-refractivity contribution in [2.75, 3.05) is 0 Å². The van der Waals surface area contributed by atoms with Gasteiger partial charge in [-0.25, -0.2) is 8.42 Å². The van der Waals surface area contributed by atoms with Crippen LogP contribution >= 0.6 is 0 Å². The Labute approximate surface area is 135 Å². The summed E-state index contributed by atoms with van der Waals surface area (Å²) >= 11 is 0. The third-order valence-corrected chi connectivity index (χ3v) is 4.76. The molecule has 0 bridgehead atoms. The van der Waals surface area contributed by atoms with Gasteiger partial charge in [0.15, 0.2) is 0 Å². The molecule has 2 aromatic rings. The second kappa shape index (κ2) is 6.51. The molecule has 0 aliphatic carbocycles. The van der Waals surface area contributed by atoms with Crippen molar-refractivity contribution in [3.05, 3.63) is 46.8 Å². The second-order valence-electron chi connectivity index (χ2n) is 5.48. The van der Waals surface area contributed by atoms with Gasteiger partial charge in [-0.1, -0.05) is 6.07 Å². The summed E-state index contributed by atoms with van der Waals surface area (Å²) in [6.45, 7) is 7.32. The Hall–Kier alpha value is -2.19. The van der Waals surface area contributed by atoms with E-state index >= 15 is 0 Å². The summed E-state index contributed by atoms with van der Waals surface area (Å²) in [6, 6.07) is 6.62. The first-order chi connectivity index (χ1) is 10.7. The number of aryl methyl sites for hydroxylation is 4. The number of benzene rings is 1. The smallest absolute Gasteiger partial charge is 0.257 e. The predicted molar refractivity (Wildman–Crippen MR) is 86.1 cm³/mol. The molecule has 1 heterocycles. The minimum Gasteiger partial charge on any atom is -0.276 e. The van der Waals surface area contributed by atoms with Gasteiger partial charge >= 0.3 is 0 Å². The molecule has 8 heteroatoms. The van der Waals surface area contributed by atoms with Crippen molar-refractivity contribution in [3.63, 3.8) is 0 Å². The number of nitrogens with zero attached hydrogens (tertiary/aromatic N) is 2. The van der Waals surface area contributed by atoms with E-state index in [0.29, 0.717) is 0 Å². The van der Waals surface area contributed by atoms with Crippen LogP contribution in [0.5, 0.6) is 0 Å². The minimum atomic E-state index is -3.80. The Morgan fingerprint density at radius 1 is 1.13 bits per heavy atom. The molecule has 124 valence electrons. The zero-order valence-corrected chi connectivity index (χ0v) is 14.4. The zero-order valence-electron chi connectivity index (χ0n) is 13.5. The van der Waals surface area contributed by atoms with Crippen LogP contribution in [-0.2, 0) is 21.4 Å². The highest BCUT2D eigenvalue weighted by atomic mass is 32.2. The Morgan fingerprint density at radius 2 is 1.83 bits per heavy atom. The molecule has 0 aliphatic rings. The van der Waals surface area contributed by atoms with Gasteiger partial charge in [0, 0.05) is 5.69 Å². The highest BCUT2D eigenvalue weighted by molar-refractivity contribution is 7.89. The average molecular weight is 336 g/mol. The van der Waals surface area contributed by atoms with Crippen LogP contribution in [0.2, 0.25) is 0 Å². The molecule has 2 rings (SSSR count). The van der Waals surface area contributed by atoms with Crippen molar-refractivity contribution < 1.29 is 13.2 Å². The van der Waals surface area contributed by atoms with E-state index in [9.17, 15) is 13.2 Å². The highest BCUT2D eigenvalue weighted by Crippen LogP contribution is 2.14. The fourth-order valence-corrected chi connectivity index (χ4v) is 3.02. The van der Waals surface area contributed by atoms with Gasteiger partial charge in [-0.3, -0.25) is 14.9 Å². The highest BCUT2D eigenvalue weighted by Gasteiger charge is 2.16. The molecule has 0 saturated heterocycles. The molecular weight excluding hydrogens is 316 g/mol. The van der Waals surface area contributed by atoms with E-state index in [-0.39, 0.29) is 11.4 Å². The summed E-state index contributed by atoms with van der Waals surface area (Å²) < 4.78 is 25.9. The zero-order chi connectivity index (χ0) is 17.2. The summed E-state index contributed by atoms with van der Waals surface area (Å²) in [6.07, 6.45) is 0. The molecule has 1 aromatic heterocycles. The summed E-state index contributed by atoms with van der Waals surface area (Å²) in [5.74, 6) is -0.497. The molecule has 1 aromatic carbocycles. The molecule has 7 nitrogen and oxygen atoms in total. The third-order valence-electron chi connectivity index (χ3n) is 3.51. The Kier molecular flexibility index (Phi) is 4.86. The number of carbonyl (C=O) groups is 1. The molecule has 2 N–H and O–H groups in total. The summed E-state index contributed by atoms with van der Waals surface area (Å²) in [4.78, 5) is 14.1. The number of nitrogens with one attached hydrogen (secondary N) is 2. The molecule has 0 spiro atoms. The summed E-state index contributed by atoms with van der Waals surface area (Å²) in [5.41, 5.74) is 5.69. The second-order valence-corrected chi connectivity index (χ2v) is 7.17. The lowest BCUT2D eigenvalue weighted by molar-refractivity contribution is -0.122. The molecule has 0 radical (unpaired) electrons. The van der Waals surface area contributed by atoms with Crippen molar-refractivity contribution in [1.82, 2.24) is 20.0 Å². The van der Waals surface area contributed by atoms with Crippen LogP contribution in [0.4, 0.5) is 0 Å². The monoisotopic (exact) mass is 336 g/mol. The first kappa shape index (κ1) is 17.2. The standard InChI is InChI=1S/C15H20N4O3S/c1-10-5-6-14(7-11(10)2)23(21,22)18-16-15(20)9-19-13(4)8-12(3)17-19/h5-8,18H,9H2,1-4H3,(H,16,20). The average Bonchev–Trinajstić information content (AvgIpc) is 2.77. The van der Waals surface area contributed by atoms with Crippen molar-refractivity contribution in [1.29, 1.82) is 0 Å². The van der Waals surface area contributed by atoms with E-state index in [1.165, 1.54) is 10.7 Å². The molecule has 0 fully saturated rings. The van der Waals surface area contributed by atoms with Crippen LogP contribution in [-0.4, -0.2) is 24.1 Å². The molecule has 0 aliphatic heterocycles. The number of aromatic nitrogens is 2. The summed E-state index contributed by atoms with van der Waals surface area (Å²) in [7, 11) is -3.80. The largest absolute Gasteiger partial charge is 0.276 e. The minimum absolute atomic E-state index is 0.0604. The van der Waals surface area contributed by atoms with Gasteiger partial charge in [-0.2, -0.15) is 5.10 Å². The lowest BCUT2D eigenvalue weighted by atomic mass is 10.1. The predicted octanol–water partition coefficient (Wildman–Crippen LogP) is 1.13. The van der Waals surface area contributed by atoms with E-state index in [2.05, 4.69) is 15.4 Å². The number of hydrazine groups is 1. The van der Waals surface area contributed by atoms with E-state index in [1.54, 1.807) is 12.1 Å². The van der Waals surface area contributed by atoms with E-state index < -0.39 is 15.9 Å². The SMILES string of the molecule is Cc1cc(C)n(CC(=O)NNS(=O)(=O)c2ccc(C)c(C)c2)n1. The van der Waals surface area contributed by atoms with Gasteiger partial charge < -0.3 is 0 Å². The maximum Gasteiger partial charge on any atom is 0.257 e. The van der Waals surface area contributed by atoms with Crippen molar-refractivity contribution >= 4 is 15.9 Å². The maximum atomic E-state index is 12.2. The van der Waals surface area contributed by atoms with Gasteiger partial charge in [0.2, 0.25) is 0 Å². The van der Waals surface area contributed by atoms with Crippen LogP contribution in [0.1, 0.15) is 22.5 Å². The van der Waals surface area contributed by atoms with Gasteiger partial charge in [-0.05, 0) is 57.0 Å². The van der Waals surface area contributed by atoms with E-state index in [0.717, 1.165) is 22.5 Å². The van der Waals surface area contributed by atoms with Crippen LogP contribution in [0.25, 0.3) is 0 Å². The number of hydrogen-bond acceptors (Lipinski definition) is 4. The van der Waals surface area contributed by atoms with E-state index in [1.807, 2.05) is 33.8 Å². The molecular formula is C15H20N4O3S. The molecule has 0 saturated carbocycles. The maximum absolute atomic E-state index is 12.2. The quantitative estimate of drug-likeness (QED) is 0.800. The third kappa shape index (κ3) is 4.17. The first-order valence-electron chi connectivity index (χ1n) is 7.08. The Morgan fingerprint density at radius 3 is 2.39 bits per heavy atom. The number of hydrogen-bond donors (Lipinski definition) is 2. The number of carbonyl (C=O) groups excluding carboxylic acids is 1. The van der Waals surface area contributed by atoms with Gasteiger partial charge in [0.05, 0.1) is 10.6 Å².